The third-order valence-corrected chi connectivity index (χ3v) is 3.19. The molecule has 0 heterocycles. The number of amides is 1. The smallest absolute Gasteiger partial charge is 0.311 e. The summed E-state index contributed by atoms with van der Waals surface area (Å²) in [6.07, 6.45) is 0. The molecule has 7 nitrogen and oxygen atoms in total. The van der Waals surface area contributed by atoms with E-state index < -0.39 is 4.92 Å². The number of rotatable bonds is 6. The van der Waals surface area contributed by atoms with Crippen LogP contribution in [0.25, 0.3) is 0 Å². The number of benzene rings is 1. The molecule has 1 aromatic carbocycles. The van der Waals surface area contributed by atoms with Gasteiger partial charge >= 0.3 is 5.69 Å². The summed E-state index contributed by atoms with van der Waals surface area (Å²) in [5, 5.41) is 11.0. The van der Waals surface area contributed by atoms with Crippen LogP contribution in [-0.4, -0.2) is 43.0 Å². The Morgan fingerprint density at radius 1 is 1.45 bits per heavy atom. The molecule has 1 rings (SSSR count). The SMILES string of the molecule is COc1ccc(C(=O)N(C)CC(C)(C)CN)cc1[N+](=O)[O-].Cl. The van der Waals surface area contributed by atoms with Crippen molar-refractivity contribution in [3.63, 3.8) is 0 Å². The van der Waals surface area contributed by atoms with Gasteiger partial charge in [0.1, 0.15) is 0 Å². The Bertz CT molecular complexity index is 549. The van der Waals surface area contributed by atoms with Crippen LogP contribution < -0.4 is 10.5 Å². The summed E-state index contributed by atoms with van der Waals surface area (Å²) < 4.78 is 4.92. The number of ether oxygens (including phenoxy) is 1. The van der Waals surface area contributed by atoms with Gasteiger partial charge in [-0.15, -0.1) is 12.4 Å². The van der Waals surface area contributed by atoms with Gasteiger partial charge in [0.15, 0.2) is 5.75 Å². The number of carbonyl (C=O) groups is 1. The Morgan fingerprint density at radius 2 is 2.05 bits per heavy atom. The van der Waals surface area contributed by atoms with E-state index >= 15 is 0 Å². The van der Waals surface area contributed by atoms with Crippen molar-refractivity contribution >= 4 is 24.0 Å². The van der Waals surface area contributed by atoms with Crippen molar-refractivity contribution in [3.8, 4) is 5.75 Å². The van der Waals surface area contributed by atoms with Crippen LogP contribution in [0.1, 0.15) is 24.2 Å². The number of carbonyl (C=O) groups excluding carboxylic acids is 1. The third-order valence-electron chi connectivity index (χ3n) is 3.19. The second-order valence-electron chi connectivity index (χ2n) is 5.67. The van der Waals surface area contributed by atoms with Gasteiger partial charge in [-0.1, -0.05) is 13.8 Å². The molecule has 0 saturated heterocycles. The monoisotopic (exact) mass is 331 g/mol. The van der Waals surface area contributed by atoms with Crippen molar-refractivity contribution < 1.29 is 14.5 Å². The maximum absolute atomic E-state index is 12.3. The van der Waals surface area contributed by atoms with E-state index in [1.807, 2.05) is 13.8 Å². The molecular formula is C14H22ClN3O4. The molecule has 0 spiro atoms. The summed E-state index contributed by atoms with van der Waals surface area (Å²) >= 11 is 0. The lowest BCUT2D eigenvalue weighted by Crippen LogP contribution is -2.39. The normalized spacial score (nSPS) is 10.6. The predicted octanol–water partition coefficient (Wildman–Crippen LogP) is 2.08. The molecule has 2 N–H and O–H groups in total. The van der Waals surface area contributed by atoms with Crippen LogP contribution in [0.3, 0.4) is 0 Å². The molecule has 22 heavy (non-hydrogen) atoms. The van der Waals surface area contributed by atoms with Crippen molar-refractivity contribution in [1.29, 1.82) is 0 Å². The predicted molar refractivity (Wildman–Crippen MR) is 86.7 cm³/mol. The molecule has 0 bridgehead atoms. The van der Waals surface area contributed by atoms with Crippen molar-refractivity contribution in [2.45, 2.75) is 13.8 Å². The standard InChI is InChI=1S/C14H21N3O4.ClH/c1-14(2,8-15)9-16(3)13(18)10-5-6-12(21-4)11(7-10)17(19)20;/h5-7H,8-9,15H2,1-4H3;1H. The Hall–Kier alpha value is -1.86. The molecule has 0 saturated carbocycles. The zero-order chi connectivity index (χ0) is 16.2. The van der Waals surface area contributed by atoms with E-state index in [0.717, 1.165) is 0 Å². The van der Waals surface area contributed by atoms with Gasteiger partial charge in [-0.25, -0.2) is 0 Å². The number of halogens is 1. The molecule has 0 aliphatic rings. The molecule has 0 fully saturated rings. The minimum Gasteiger partial charge on any atom is -0.490 e. The van der Waals surface area contributed by atoms with Crippen LogP contribution in [0.5, 0.6) is 5.75 Å². The highest BCUT2D eigenvalue weighted by molar-refractivity contribution is 5.95. The Balaban J connectivity index is 0.00000441. The average Bonchev–Trinajstić information content (AvgIpc) is 2.45. The van der Waals surface area contributed by atoms with Crippen LogP contribution in [0, 0.1) is 15.5 Å². The zero-order valence-electron chi connectivity index (χ0n) is 13.2. The summed E-state index contributed by atoms with van der Waals surface area (Å²) in [6, 6.07) is 4.17. The van der Waals surface area contributed by atoms with E-state index in [2.05, 4.69) is 0 Å². The van der Waals surface area contributed by atoms with Gasteiger partial charge in [-0.2, -0.15) is 0 Å². The summed E-state index contributed by atoms with van der Waals surface area (Å²) in [5.74, 6) is -0.163. The lowest BCUT2D eigenvalue weighted by Gasteiger charge is -2.29. The first-order chi connectivity index (χ1) is 9.71. The highest BCUT2D eigenvalue weighted by atomic mass is 35.5. The molecule has 0 radical (unpaired) electrons. The highest BCUT2D eigenvalue weighted by Crippen LogP contribution is 2.28. The van der Waals surface area contributed by atoms with Crippen molar-refractivity contribution in [2.24, 2.45) is 11.1 Å². The van der Waals surface area contributed by atoms with Crippen LogP contribution in [0.4, 0.5) is 5.69 Å². The van der Waals surface area contributed by atoms with Gasteiger partial charge in [0, 0.05) is 25.2 Å². The van der Waals surface area contributed by atoms with Crippen molar-refractivity contribution in [3.05, 3.63) is 33.9 Å². The molecule has 0 aromatic heterocycles. The lowest BCUT2D eigenvalue weighted by atomic mass is 9.93. The topological polar surface area (TPSA) is 98.7 Å². The van der Waals surface area contributed by atoms with Gasteiger partial charge in [0.2, 0.25) is 0 Å². The number of nitrogens with zero attached hydrogens (tertiary/aromatic N) is 2. The number of hydrogen-bond acceptors (Lipinski definition) is 5. The molecule has 0 unspecified atom stereocenters. The lowest BCUT2D eigenvalue weighted by molar-refractivity contribution is -0.385. The molecule has 124 valence electrons. The Kier molecular flexibility index (Phi) is 7.28. The second kappa shape index (κ2) is 7.95. The fourth-order valence-electron chi connectivity index (χ4n) is 1.96. The summed E-state index contributed by atoms with van der Waals surface area (Å²) in [7, 11) is 3.00. The van der Waals surface area contributed by atoms with Gasteiger partial charge in [0.05, 0.1) is 12.0 Å². The number of nitro benzene ring substituents is 1. The summed E-state index contributed by atoms with van der Waals surface area (Å²) in [6.45, 7) is 4.80. The van der Waals surface area contributed by atoms with E-state index in [0.29, 0.717) is 13.1 Å². The molecular weight excluding hydrogens is 310 g/mol. The van der Waals surface area contributed by atoms with Gasteiger partial charge in [-0.05, 0) is 24.1 Å². The maximum atomic E-state index is 12.3. The molecule has 1 aromatic rings. The molecule has 1 amide bonds. The molecule has 0 aliphatic carbocycles. The molecule has 8 heteroatoms. The van der Waals surface area contributed by atoms with Crippen LogP contribution >= 0.6 is 12.4 Å². The van der Waals surface area contributed by atoms with Gasteiger partial charge in [0.25, 0.3) is 5.91 Å². The van der Waals surface area contributed by atoms with Gasteiger partial charge < -0.3 is 15.4 Å². The summed E-state index contributed by atoms with van der Waals surface area (Å²) in [5.41, 5.74) is 5.45. The number of methoxy groups -OCH3 is 1. The van der Waals surface area contributed by atoms with Crippen LogP contribution in [0.2, 0.25) is 0 Å². The van der Waals surface area contributed by atoms with E-state index in [1.165, 1.54) is 30.2 Å². The van der Waals surface area contributed by atoms with Crippen LogP contribution in [0.15, 0.2) is 18.2 Å². The fourth-order valence-corrected chi connectivity index (χ4v) is 1.96. The fraction of sp³-hybridized carbons (Fsp3) is 0.500. The number of nitrogens with two attached hydrogens (primary N) is 1. The van der Waals surface area contributed by atoms with E-state index in [1.54, 1.807) is 7.05 Å². The Morgan fingerprint density at radius 3 is 2.50 bits per heavy atom. The minimum atomic E-state index is -0.570. The minimum absolute atomic E-state index is 0. The first kappa shape index (κ1) is 20.1. The van der Waals surface area contributed by atoms with Crippen molar-refractivity contribution in [2.75, 3.05) is 27.2 Å². The Labute approximate surface area is 136 Å². The van der Waals surface area contributed by atoms with E-state index in [4.69, 9.17) is 10.5 Å². The first-order valence-corrected chi connectivity index (χ1v) is 6.50. The third kappa shape index (κ3) is 4.85. The summed E-state index contributed by atoms with van der Waals surface area (Å²) in [4.78, 5) is 24.3. The first-order valence-electron chi connectivity index (χ1n) is 6.50. The molecule has 0 atom stereocenters. The van der Waals surface area contributed by atoms with Crippen molar-refractivity contribution in [1.82, 2.24) is 4.90 Å². The van der Waals surface area contributed by atoms with Crippen LogP contribution in [-0.2, 0) is 0 Å². The van der Waals surface area contributed by atoms with E-state index in [-0.39, 0.29) is 40.7 Å². The highest BCUT2D eigenvalue weighted by Gasteiger charge is 2.24. The maximum Gasteiger partial charge on any atom is 0.311 e. The largest absolute Gasteiger partial charge is 0.490 e. The number of hydrogen-bond donors (Lipinski definition) is 1. The number of nitro groups is 1. The quantitative estimate of drug-likeness (QED) is 0.635. The van der Waals surface area contributed by atoms with Gasteiger partial charge in [-0.3, -0.25) is 14.9 Å². The van der Waals surface area contributed by atoms with E-state index in [9.17, 15) is 14.9 Å². The molecule has 0 aliphatic heterocycles. The average molecular weight is 332 g/mol. The zero-order valence-corrected chi connectivity index (χ0v) is 14.0. The second-order valence-corrected chi connectivity index (χ2v) is 5.67.